The van der Waals surface area contributed by atoms with Crippen molar-refractivity contribution in [3.8, 4) is 0 Å². The van der Waals surface area contributed by atoms with Crippen molar-refractivity contribution >= 4 is 17.5 Å². The molecule has 148 valence electrons. The van der Waals surface area contributed by atoms with Crippen LogP contribution >= 0.6 is 0 Å². The number of aromatic nitrogens is 3. The molecular formula is C21H27N5O2. The van der Waals surface area contributed by atoms with Gasteiger partial charge in [-0.1, -0.05) is 6.92 Å². The fourth-order valence-electron chi connectivity index (χ4n) is 5.77. The average molecular weight is 381 g/mol. The van der Waals surface area contributed by atoms with Gasteiger partial charge in [0.05, 0.1) is 11.6 Å². The molecule has 0 radical (unpaired) electrons. The van der Waals surface area contributed by atoms with E-state index in [0.717, 1.165) is 51.6 Å². The third kappa shape index (κ3) is 2.41. The zero-order valence-corrected chi connectivity index (χ0v) is 16.4. The third-order valence-corrected chi connectivity index (χ3v) is 7.17. The van der Waals surface area contributed by atoms with Gasteiger partial charge in [0.2, 0.25) is 5.91 Å². The van der Waals surface area contributed by atoms with Crippen LogP contribution in [0.3, 0.4) is 0 Å². The molecule has 2 aromatic rings. The summed E-state index contributed by atoms with van der Waals surface area (Å²) in [7, 11) is 0. The van der Waals surface area contributed by atoms with E-state index in [1.54, 1.807) is 16.9 Å². The number of imidazole rings is 1. The van der Waals surface area contributed by atoms with E-state index in [2.05, 4.69) is 21.9 Å². The number of likely N-dealkylation sites (tertiary alicyclic amines) is 1. The summed E-state index contributed by atoms with van der Waals surface area (Å²) in [5.74, 6) is 0.233. The van der Waals surface area contributed by atoms with Gasteiger partial charge in [0.25, 0.3) is 5.91 Å². The smallest absolute Gasteiger partial charge is 0.274 e. The molecule has 3 aliphatic rings. The van der Waals surface area contributed by atoms with Gasteiger partial charge in [-0.25, -0.2) is 9.50 Å². The van der Waals surface area contributed by atoms with Crippen molar-refractivity contribution in [2.75, 3.05) is 13.1 Å². The second kappa shape index (κ2) is 6.57. The number of hydrogen-bond acceptors (Lipinski definition) is 4. The van der Waals surface area contributed by atoms with Crippen molar-refractivity contribution in [1.82, 2.24) is 24.4 Å². The van der Waals surface area contributed by atoms with Crippen molar-refractivity contribution < 1.29 is 9.59 Å². The topological polar surface area (TPSA) is 70.8 Å². The number of nitrogens with zero attached hydrogens (tertiary/aromatic N) is 5. The fourth-order valence-corrected chi connectivity index (χ4v) is 5.77. The lowest BCUT2D eigenvalue weighted by Gasteiger charge is -2.40. The molecule has 5 heterocycles. The summed E-state index contributed by atoms with van der Waals surface area (Å²) in [4.78, 5) is 35.4. The maximum Gasteiger partial charge on any atom is 0.274 e. The molecule has 0 spiro atoms. The second-order valence-corrected chi connectivity index (χ2v) is 8.46. The van der Waals surface area contributed by atoms with Crippen molar-refractivity contribution in [3.63, 3.8) is 0 Å². The van der Waals surface area contributed by atoms with E-state index in [1.165, 1.54) is 6.42 Å². The minimum Gasteiger partial charge on any atom is -0.342 e. The van der Waals surface area contributed by atoms with Crippen molar-refractivity contribution in [2.24, 2.45) is 5.41 Å². The van der Waals surface area contributed by atoms with E-state index in [0.29, 0.717) is 11.3 Å². The molecule has 2 bridgehead atoms. The highest BCUT2D eigenvalue weighted by atomic mass is 16.2. The van der Waals surface area contributed by atoms with Gasteiger partial charge in [0.1, 0.15) is 0 Å². The molecule has 7 heteroatoms. The number of carbonyl (C=O) groups excluding carboxylic acids is 2. The Morgan fingerprint density at radius 2 is 2.04 bits per heavy atom. The molecule has 3 aliphatic heterocycles. The quantitative estimate of drug-likeness (QED) is 0.819. The number of carbonyl (C=O) groups is 2. The average Bonchev–Trinajstić information content (AvgIpc) is 3.45. The monoisotopic (exact) mass is 381 g/mol. The van der Waals surface area contributed by atoms with E-state index in [4.69, 9.17) is 0 Å². The first-order chi connectivity index (χ1) is 13.7. The van der Waals surface area contributed by atoms with Gasteiger partial charge >= 0.3 is 0 Å². The summed E-state index contributed by atoms with van der Waals surface area (Å²) in [6, 6.07) is 3.79. The Hall–Kier alpha value is -2.44. The summed E-state index contributed by atoms with van der Waals surface area (Å²) in [6.07, 6.45) is 10.1. The first kappa shape index (κ1) is 17.6. The lowest BCUT2D eigenvalue weighted by atomic mass is 9.70. The highest BCUT2D eigenvalue weighted by Gasteiger charge is 2.61. The summed E-state index contributed by atoms with van der Waals surface area (Å²) < 4.78 is 1.61. The molecule has 2 aromatic heterocycles. The molecule has 3 fully saturated rings. The number of hydrogen-bond donors (Lipinski definition) is 0. The van der Waals surface area contributed by atoms with E-state index in [1.807, 2.05) is 17.0 Å². The van der Waals surface area contributed by atoms with Crippen LogP contribution in [-0.4, -0.2) is 61.4 Å². The first-order valence-corrected chi connectivity index (χ1v) is 10.6. The molecule has 3 saturated heterocycles. The highest BCUT2D eigenvalue weighted by Crippen LogP contribution is 2.53. The van der Waals surface area contributed by atoms with Crippen LogP contribution in [0.1, 0.15) is 62.4 Å². The van der Waals surface area contributed by atoms with Crippen LogP contribution < -0.4 is 0 Å². The van der Waals surface area contributed by atoms with Gasteiger partial charge in [0, 0.05) is 31.4 Å². The molecule has 0 unspecified atom stereocenters. The molecule has 7 nitrogen and oxygen atoms in total. The number of amides is 2. The summed E-state index contributed by atoms with van der Waals surface area (Å²) in [5.41, 5.74) is 0.734. The summed E-state index contributed by atoms with van der Waals surface area (Å²) >= 11 is 0. The largest absolute Gasteiger partial charge is 0.342 e. The Kier molecular flexibility index (Phi) is 4.14. The molecule has 0 aliphatic carbocycles. The van der Waals surface area contributed by atoms with Crippen molar-refractivity contribution in [1.29, 1.82) is 0 Å². The molecule has 28 heavy (non-hydrogen) atoms. The Morgan fingerprint density at radius 3 is 2.82 bits per heavy atom. The maximum atomic E-state index is 13.6. The first-order valence-electron chi connectivity index (χ1n) is 10.6. The number of fused-ring (bicyclic) bond motifs is 3. The van der Waals surface area contributed by atoms with Gasteiger partial charge in [-0.05, 0) is 57.1 Å². The van der Waals surface area contributed by atoms with Gasteiger partial charge in [-0.2, -0.15) is 5.10 Å². The van der Waals surface area contributed by atoms with Crippen LogP contribution in [0.25, 0.3) is 5.65 Å². The molecule has 0 aromatic carbocycles. The molecule has 3 atom stereocenters. The van der Waals surface area contributed by atoms with Crippen LogP contribution in [-0.2, 0) is 4.79 Å². The summed E-state index contributed by atoms with van der Waals surface area (Å²) in [6.45, 7) is 3.84. The minimum absolute atomic E-state index is 0.0151. The third-order valence-electron chi connectivity index (χ3n) is 7.17. The Labute approximate surface area is 164 Å². The van der Waals surface area contributed by atoms with Crippen LogP contribution in [0.15, 0.2) is 24.5 Å². The Balaban J connectivity index is 1.47. The van der Waals surface area contributed by atoms with E-state index in [9.17, 15) is 9.59 Å². The SMILES string of the molecule is CC[C@]1(C(=O)N2CCCCC2)C[C@H]2CC[C@@H]1N2C(=O)c1cnc2cccnn12. The second-order valence-electron chi connectivity index (χ2n) is 8.46. The van der Waals surface area contributed by atoms with Crippen LogP contribution in [0.5, 0.6) is 0 Å². The molecule has 5 rings (SSSR count). The zero-order valence-electron chi connectivity index (χ0n) is 16.4. The van der Waals surface area contributed by atoms with E-state index < -0.39 is 5.41 Å². The predicted octanol–water partition coefficient (Wildman–Crippen LogP) is 2.52. The zero-order chi connectivity index (χ0) is 19.3. The minimum atomic E-state index is -0.427. The Bertz CT molecular complexity index is 918. The molecule has 0 saturated carbocycles. The fraction of sp³-hybridized carbons (Fsp3) is 0.619. The van der Waals surface area contributed by atoms with E-state index in [-0.39, 0.29) is 23.9 Å². The molecular weight excluding hydrogens is 354 g/mol. The number of piperidine rings is 1. The van der Waals surface area contributed by atoms with Gasteiger partial charge < -0.3 is 9.80 Å². The highest BCUT2D eigenvalue weighted by molar-refractivity contribution is 5.95. The van der Waals surface area contributed by atoms with Crippen LogP contribution in [0.2, 0.25) is 0 Å². The van der Waals surface area contributed by atoms with Gasteiger partial charge in [-0.3, -0.25) is 9.59 Å². The van der Waals surface area contributed by atoms with Crippen molar-refractivity contribution in [3.05, 3.63) is 30.2 Å². The van der Waals surface area contributed by atoms with Gasteiger partial charge in [0.15, 0.2) is 11.3 Å². The molecule has 0 N–H and O–H groups in total. The number of rotatable bonds is 3. The van der Waals surface area contributed by atoms with E-state index >= 15 is 0 Å². The normalized spacial score (nSPS) is 29.6. The van der Waals surface area contributed by atoms with Crippen molar-refractivity contribution in [2.45, 2.75) is 64.0 Å². The predicted molar refractivity (Wildman–Crippen MR) is 104 cm³/mol. The summed E-state index contributed by atoms with van der Waals surface area (Å²) in [5, 5.41) is 4.30. The van der Waals surface area contributed by atoms with Crippen LogP contribution in [0, 0.1) is 5.41 Å². The Morgan fingerprint density at radius 1 is 1.21 bits per heavy atom. The standard InChI is InChI=1S/C21H27N5O2/c1-2-21(20(28)24-11-4-3-5-12-24)13-15-8-9-17(21)25(15)19(27)16-14-22-18-7-6-10-23-26(16)18/h6-7,10,14-15,17H,2-5,8-9,11-13H2,1H3/t15-,17+,21+/m1/s1. The van der Waals surface area contributed by atoms with Gasteiger partial charge in [-0.15, -0.1) is 0 Å². The lowest BCUT2D eigenvalue weighted by Crippen LogP contribution is -2.52. The lowest BCUT2D eigenvalue weighted by molar-refractivity contribution is -0.145. The maximum absolute atomic E-state index is 13.6. The van der Waals surface area contributed by atoms with Crippen LogP contribution in [0.4, 0.5) is 0 Å². The molecule has 2 amide bonds.